The summed E-state index contributed by atoms with van der Waals surface area (Å²) in [5, 5.41) is 12.1. The first kappa shape index (κ1) is 17.2. The number of thiophene rings is 1. The fraction of sp³-hybridized carbons (Fsp3) is 0.417. The molecule has 1 rings (SSSR count). The van der Waals surface area contributed by atoms with E-state index in [2.05, 4.69) is 0 Å². The Kier molecular flexibility index (Phi) is 5.89. The van der Waals surface area contributed by atoms with Gasteiger partial charge in [0, 0.05) is 12.8 Å². The minimum absolute atomic E-state index is 0.190. The second kappa shape index (κ2) is 7.21. The Morgan fingerprint density at radius 2 is 1.95 bits per heavy atom. The van der Waals surface area contributed by atoms with Crippen molar-refractivity contribution in [3.05, 3.63) is 22.4 Å². The molecule has 0 aliphatic carbocycles. The summed E-state index contributed by atoms with van der Waals surface area (Å²) in [6.07, 6.45) is -6.92. The molecule has 0 fully saturated rings. The first-order valence-corrected chi connectivity index (χ1v) is 6.72. The van der Waals surface area contributed by atoms with Crippen molar-refractivity contribution in [2.45, 2.75) is 31.5 Å². The summed E-state index contributed by atoms with van der Waals surface area (Å²) in [5.41, 5.74) is 0. The Hall–Kier alpha value is -1.90. The minimum Gasteiger partial charge on any atom is -0.480 e. The van der Waals surface area contributed by atoms with Crippen LogP contribution in [0.25, 0.3) is 0 Å². The summed E-state index contributed by atoms with van der Waals surface area (Å²) < 4.78 is 36.4. The predicted molar refractivity (Wildman–Crippen MR) is 68.1 cm³/mol. The van der Waals surface area contributed by atoms with E-state index >= 15 is 0 Å². The second-order valence-electron chi connectivity index (χ2n) is 4.18. The maximum Gasteiger partial charge on any atom is 0.391 e. The molecule has 0 bridgehead atoms. The number of carbonyl (C=O) groups excluding carboxylic acids is 2. The molecule has 1 aromatic rings. The van der Waals surface area contributed by atoms with Gasteiger partial charge in [0.1, 0.15) is 6.04 Å². The lowest BCUT2D eigenvalue weighted by Crippen LogP contribution is -2.43. The summed E-state index contributed by atoms with van der Waals surface area (Å²) in [7, 11) is 0. The molecule has 0 radical (unpaired) electrons. The van der Waals surface area contributed by atoms with Crippen molar-refractivity contribution in [3.8, 4) is 0 Å². The van der Waals surface area contributed by atoms with E-state index in [1.165, 1.54) is 11.3 Å². The number of carboxylic acid groups (broad SMARTS) is 1. The van der Waals surface area contributed by atoms with Crippen molar-refractivity contribution in [3.63, 3.8) is 0 Å². The number of alkyl halides is 3. The molecule has 0 saturated heterocycles. The number of hydrogen-bond donors (Lipinski definition) is 2. The first-order chi connectivity index (χ1) is 9.69. The Balaban J connectivity index is 2.47. The van der Waals surface area contributed by atoms with Crippen LogP contribution in [0.3, 0.4) is 0 Å². The van der Waals surface area contributed by atoms with Gasteiger partial charge in [0.05, 0.1) is 11.3 Å². The van der Waals surface area contributed by atoms with Crippen LogP contribution in [0, 0.1) is 0 Å². The van der Waals surface area contributed by atoms with Crippen LogP contribution in [-0.2, 0) is 9.59 Å². The van der Waals surface area contributed by atoms with Gasteiger partial charge >= 0.3 is 12.1 Å². The summed E-state index contributed by atoms with van der Waals surface area (Å²) in [4.78, 5) is 34.1. The molecule has 9 heteroatoms. The Morgan fingerprint density at radius 1 is 1.29 bits per heavy atom. The fourth-order valence-corrected chi connectivity index (χ4v) is 2.18. The highest BCUT2D eigenvalue weighted by Gasteiger charge is 2.36. The lowest BCUT2D eigenvalue weighted by Gasteiger charge is -2.16. The lowest BCUT2D eigenvalue weighted by atomic mass is 10.1. The topological polar surface area (TPSA) is 83.5 Å². The molecule has 0 saturated carbocycles. The molecule has 2 N–H and O–H groups in total. The standard InChI is InChI=1S/C12H12F3NO4S/c13-12(14,15)6-7(11(19)20)16-10(18)4-3-8(17)9-2-1-5-21-9/h1-2,5,7H,3-4,6H2,(H,16,18)(H,19,20). The molecule has 1 amide bonds. The van der Waals surface area contributed by atoms with Crippen LogP contribution >= 0.6 is 11.3 Å². The fourth-order valence-electron chi connectivity index (χ4n) is 1.49. The lowest BCUT2D eigenvalue weighted by molar-refractivity contribution is -0.160. The van der Waals surface area contributed by atoms with Crippen LogP contribution in [0.15, 0.2) is 17.5 Å². The molecule has 5 nitrogen and oxygen atoms in total. The van der Waals surface area contributed by atoms with E-state index in [4.69, 9.17) is 5.11 Å². The second-order valence-corrected chi connectivity index (χ2v) is 5.13. The molecular weight excluding hydrogens is 311 g/mol. The number of carbonyl (C=O) groups is 3. The Bertz CT molecular complexity index is 513. The first-order valence-electron chi connectivity index (χ1n) is 5.84. The van der Waals surface area contributed by atoms with Crippen LogP contribution in [0.1, 0.15) is 28.9 Å². The van der Waals surface area contributed by atoms with E-state index in [1.54, 1.807) is 22.8 Å². The SMILES string of the molecule is O=C(CCC(=O)c1cccs1)NC(CC(F)(F)F)C(=O)O. The zero-order chi connectivity index (χ0) is 16.0. The van der Waals surface area contributed by atoms with Crippen LogP contribution in [0.4, 0.5) is 13.2 Å². The average molecular weight is 323 g/mol. The number of hydrogen-bond acceptors (Lipinski definition) is 4. The molecule has 0 aliphatic rings. The largest absolute Gasteiger partial charge is 0.480 e. The number of nitrogens with one attached hydrogen (secondary N) is 1. The van der Waals surface area contributed by atoms with Gasteiger partial charge in [-0.25, -0.2) is 4.79 Å². The highest BCUT2D eigenvalue weighted by Crippen LogP contribution is 2.21. The third-order valence-corrected chi connectivity index (χ3v) is 3.35. The third-order valence-electron chi connectivity index (χ3n) is 2.44. The predicted octanol–water partition coefficient (Wildman–Crippen LogP) is 2.23. The number of amides is 1. The smallest absolute Gasteiger partial charge is 0.391 e. The summed E-state index contributed by atoms with van der Waals surface area (Å²) in [6.45, 7) is 0. The van der Waals surface area contributed by atoms with Gasteiger partial charge < -0.3 is 10.4 Å². The van der Waals surface area contributed by atoms with E-state index < -0.39 is 30.5 Å². The van der Waals surface area contributed by atoms with Crippen molar-refractivity contribution in [1.82, 2.24) is 5.32 Å². The van der Waals surface area contributed by atoms with Gasteiger partial charge in [0.2, 0.25) is 5.91 Å². The maximum absolute atomic E-state index is 12.1. The maximum atomic E-state index is 12.1. The normalized spacial score (nSPS) is 12.7. The highest BCUT2D eigenvalue weighted by molar-refractivity contribution is 7.12. The van der Waals surface area contributed by atoms with Crippen LogP contribution in [0.5, 0.6) is 0 Å². The Labute approximate surface area is 121 Å². The van der Waals surface area contributed by atoms with Crippen LogP contribution in [0.2, 0.25) is 0 Å². The van der Waals surface area contributed by atoms with Crippen molar-refractivity contribution < 1.29 is 32.7 Å². The minimum atomic E-state index is -4.71. The van der Waals surface area contributed by atoms with Crippen LogP contribution in [-0.4, -0.2) is 35.0 Å². The molecule has 0 aromatic carbocycles. The molecule has 0 aliphatic heterocycles. The number of carboxylic acids is 1. The molecule has 1 unspecified atom stereocenters. The number of ketones is 1. The zero-order valence-electron chi connectivity index (χ0n) is 10.6. The van der Waals surface area contributed by atoms with Gasteiger partial charge in [-0.3, -0.25) is 9.59 Å². The van der Waals surface area contributed by atoms with E-state index in [0.717, 1.165) is 0 Å². The number of aliphatic carboxylic acids is 1. The number of halogens is 3. The summed E-state index contributed by atoms with van der Waals surface area (Å²) >= 11 is 1.19. The zero-order valence-corrected chi connectivity index (χ0v) is 11.5. The van der Waals surface area contributed by atoms with Gasteiger partial charge in [-0.05, 0) is 11.4 Å². The molecule has 116 valence electrons. The molecular formula is C12H12F3NO4S. The average Bonchev–Trinajstić information content (AvgIpc) is 2.87. The highest BCUT2D eigenvalue weighted by atomic mass is 32.1. The van der Waals surface area contributed by atoms with Gasteiger partial charge in [-0.1, -0.05) is 6.07 Å². The van der Waals surface area contributed by atoms with E-state index in [9.17, 15) is 27.6 Å². The van der Waals surface area contributed by atoms with Gasteiger partial charge in [-0.15, -0.1) is 11.3 Å². The van der Waals surface area contributed by atoms with E-state index in [1.807, 2.05) is 0 Å². The molecule has 0 spiro atoms. The summed E-state index contributed by atoms with van der Waals surface area (Å²) in [6, 6.07) is 1.17. The van der Waals surface area contributed by atoms with E-state index in [-0.39, 0.29) is 18.6 Å². The van der Waals surface area contributed by atoms with Crippen LogP contribution < -0.4 is 5.32 Å². The quantitative estimate of drug-likeness (QED) is 0.754. The third kappa shape index (κ3) is 6.39. The monoisotopic (exact) mass is 323 g/mol. The summed E-state index contributed by atoms with van der Waals surface area (Å²) in [5.74, 6) is -3.00. The van der Waals surface area contributed by atoms with Gasteiger partial charge in [0.15, 0.2) is 5.78 Å². The molecule has 1 aromatic heterocycles. The number of Topliss-reactive ketones (excluding diaryl/α,β-unsaturated/α-hetero) is 1. The van der Waals surface area contributed by atoms with Crippen molar-refractivity contribution >= 4 is 29.0 Å². The van der Waals surface area contributed by atoms with Crippen molar-refractivity contribution in [1.29, 1.82) is 0 Å². The molecule has 1 atom stereocenters. The van der Waals surface area contributed by atoms with Crippen molar-refractivity contribution in [2.24, 2.45) is 0 Å². The van der Waals surface area contributed by atoms with Crippen molar-refractivity contribution in [2.75, 3.05) is 0 Å². The van der Waals surface area contributed by atoms with Gasteiger partial charge in [-0.2, -0.15) is 13.2 Å². The molecule has 1 heterocycles. The Morgan fingerprint density at radius 3 is 2.43 bits per heavy atom. The van der Waals surface area contributed by atoms with Gasteiger partial charge in [0.25, 0.3) is 0 Å². The molecule has 21 heavy (non-hydrogen) atoms. The number of rotatable bonds is 7. The van der Waals surface area contributed by atoms with E-state index in [0.29, 0.717) is 4.88 Å².